The van der Waals surface area contributed by atoms with Crippen molar-refractivity contribution in [1.82, 2.24) is 15.5 Å². The van der Waals surface area contributed by atoms with Crippen molar-refractivity contribution in [2.75, 3.05) is 39.3 Å². The highest BCUT2D eigenvalue weighted by molar-refractivity contribution is 5.94. The molecule has 0 aliphatic carbocycles. The largest absolute Gasteiger partial charge is 0.374 e. The van der Waals surface area contributed by atoms with Crippen molar-refractivity contribution in [3.63, 3.8) is 0 Å². The molecule has 0 bridgehead atoms. The molecule has 1 aliphatic rings. The summed E-state index contributed by atoms with van der Waals surface area (Å²) in [5.41, 5.74) is 4.81. The van der Waals surface area contributed by atoms with Crippen molar-refractivity contribution >= 4 is 11.9 Å². The Hall–Kier alpha value is -1.18. The van der Waals surface area contributed by atoms with Gasteiger partial charge in [-0.2, -0.15) is 0 Å². The first-order chi connectivity index (χ1) is 8.11. The van der Waals surface area contributed by atoms with Crippen LogP contribution in [0.15, 0.2) is 0 Å². The van der Waals surface area contributed by atoms with Crippen LogP contribution in [0.4, 0.5) is 4.79 Å². The van der Waals surface area contributed by atoms with Gasteiger partial charge in [-0.15, -0.1) is 0 Å². The first-order valence-electron chi connectivity index (χ1n) is 5.75. The quantitative estimate of drug-likeness (QED) is 0.546. The second-order valence-electron chi connectivity index (χ2n) is 3.93. The summed E-state index contributed by atoms with van der Waals surface area (Å²) in [6.07, 6.45) is 0.0880. The van der Waals surface area contributed by atoms with E-state index in [2.05, 4.69) is 17.1 Å². The Balaban J connectivity index is 2.13. The molecule has 4 N–H and O–H groups in total. The lowest BCUT2D eigenvalue weighted by atomic mass is 10.2. The molecule has 0 aromatic heterocycles. The van der Waals surface area contributed by atoms with E-state index in [9.17, 15) is 9.59 Å². The number of carbonyl (C=O) groups is 2. The third kappa shape index (κ3) is 5.62. The van der Waals surface area contributed by atoms with Gasteiger partial charge < -0.3 is 15.8 Å². The fourth-order valence-electron chi connectivity index (χ4n) is 1.72. The SMILES string of the molecule is CCN1CCOC(CNCC(=O)NC(N)=O)C1. The number of morpholine rings is 1. The Labute approximate surface area is 101 Å². The summed E-state index contributed by atoms with van der Waals surface area (Å²) in [5, 5.41) is 4.92. The number of nitrogens with one attached hydrogen (secondary N) is 2. The molecule has 7 heteroatoms. The van der Waals surface area contributed by atoms with Crippen LogP contribution in [0.2, 0.25) is 0 Å². The van der Waals surface area contributed by atoms with Crippen molar-refractivity contribution in [2.45, 2.75) is 13.0 Å². The van der Waals surface area contributed by atoms with E-state index in [0.717, 1.165) is 19.6 Å². The molecule has 0 radical (unpaired) electrons. The molecule has 1 heterocycles. The minimum atomic E-state index is -0.831. The van der Waals surface area contributed by atoms with E-state index in [1.807, 2.05) is 5.32 Å². The predicted octanol–water partition coefficient (Wildman–Crippen LogP) is -1.51. The average molecular weight is 244 g/mol. The van der Waals surface area contributed by atoms with Crippen molar-refractivity contribution in [3.05, 3.63) is 0 Å². The molecule has 1 rings (SSSR count). The Morgan fingerprint density at radius 3 is 2.94 bits per heavy atom. The van der Waals surface area contributed by atoms with E-state index in [1.54, 1.807) is 0 Å². The highest BCUT2D eigenvalue weighted by Crippen LogP contribution is 2.03. The number of primary amides is 1. The van der Waals surface area contributed by atoms with Gasteiger partial charge >= 0.3 is 6.03 Å². The molecule has 1 fully saturated rings. The van der Waals surface area contributed by atoms with Gasteiger partial charge in [0.2, 0.25) is 5.91 Å². The summed E-state index contributed by atoms with van der Waals surface area (Å²) >= 11 is 0. The maximum atomic E-state index is 11.1. The smallest absolute Gasteiger partial charge is 0.318 e. The van der Waals surface area contributed by atoms with Gasteiger partial charge in [-0.25, -0.2) is 4.79 Å². The van der Waals surface area contributed by atoms with E-state index in [-0.39, 0.29) is 12.6 Å². The Morgan fingerprint density at radius 2 is 2.29 bits per heavy atom. The summed E-state index contributed by atoms with van der Waals surface area (Å²) in [7, 11) is 0. The average Bonchev–Trinajstić information content (AvgIpc) is 2.28. The van der Waals surface area contributed by atoms with Crippen LogP contribution in [0, 0.1) is 0 Å². The number of hydrogen-bond acceptors (Lipinski definition) is 5. The van der Waals surface area contributed by atoms with Crippen LogP contribution >= 0.6 is 0 Å². The molecule has 7 nitrogen and oxygen atoms in total. The monoisotopic (exact) mass is 244 g/mol. The number of imide groups is 1. The zero-order valence-corrected chi connectivity index (χ0v) is 10.1. The van der Waals surface area contributed by atoms with Gasteiger partial charge in [0.05, 0.1) is 19.3 Å². The van der Waals surface area contributed by atoms with E-state index in [1.165, 1.54) is 0 Å². The van der Waals surface area contributed by atoms with Gasteiger partial charge in [0, 0.05) is 19.6 Å². The number of rotatable bonds is 5. The molecule has 98 valence electrons. The van der Waals surface area contributed by atoms with Gasteiger partial charge in [-0.05, 0) is 6.54 Å². The van der Waals surface area contributed by atoms with Crippen molar-refractivity contribution in [2.24, 2.45) is 5.73 Å². The first-order valence-corrected chi connectivity index (χ1v) is 5.75. The molecule has 1 aliphatic heterocycles. The van der Waals surface area contributed by atoms with E-state index >= 15 is 0 Å². The lowest BCUT2D eigenvalue weighted by Crippen LogP contribution is -2.48. The third-order valence-corrected chi connectivity index (χ3v) is 2.59. The molecule has 1 atom stereocenters. The fourth-order valence-corrected chi connectivity index (χ4v) is 1.72. The molecular weight excluding hydrogens is 224 g/mol. The number of nitrogens with zero attached hydrogens (tertiary/aromatic N) is 1. The Kier molecular flexibility index (Phi) is 5.88. The van der Waals surface area contributed by atoms with Crippen molar-refractivity contribution in [1.29, 1.82) is 0 Å². The number of carbonyl (C=O) groups excluding carboxylic acids is 2. The Bertz CT molecular complexity index is 272. The molecular formula is C10H20N4O3. The molecule has 1 unspecified atom stereocenters. The number of ether oxygens (including phenoxy) is 1. The topological polar surface area (TPSA) is 96.7 Å². The van der Waals surface area contributed by atoms with E-state index in [0.29, 0.717) is 13.2 Å². The predicted molar refractivity (Wildman–Crippen MR) is 62.4 cm³/mol. The van der Waals surface area contributed by atoms with Crippen LogP contribution in [0.1, 0.15) is 6.92 Å². The summed E-state index contributed by atoms with van der Waals surface area (Å²) in [4.78, 5) is 23.8. The highest BCUT2D eigenvalue weighted by Gasteiger charge is 2.18. The van der Waals surface area contributed by atoms with Crippen LogP contribution in [-0.4, -0.2) is 62.3 Å². The number of amides is 3. The minimum absolute atomic E-state index is 0.0644. The fraction of sp³-hybridized carbons (Fsp3) is 0.800. The lowest BCUT2D eigenvalue weighted by molar-refractivity contribution is -0.119. The number of urea groups is 1. The number of likely N-dealkylation sites (N-methyl/N-ethyl adjacent to an activating group) is 1. The number of nitrogens with two attached hydrogens (primary N) is 1. The summed E-state index contributed by atoms with van der Waals surface area (Å²) < 4.78 is 5.55. The Morgan fingerprint density at radius 1 is 1.53 bits per heavy atom. The minimum Gasteiger partial charge on any atom is -0.374 e. The van der Waals surface area contributed by atoms with Crippen molar-refractivity contribution < 1.29 is 14.3 Å². The highest BCUT2D eigenvalue weighted by atomic mass is 16.5. The summed E-state index contributed by atoms with van der Waals surface area (Å²) in [5.74, 6) is -0.430. The summed E-state index contributed by atoms with van der Waals surface area (Å²) in [6, 6.07) is -0.831. The molecule has 0 saturated carbocycles. The second kappa shape index (κ2) is 7.21. The second-order valence-corrected chi connectivity index (χ2v) is 3.93. The summed E-state index contributed by atoms with van der Waals surface area (Å²) in [6.45, 7) is 6.29. The molecule has 0 aromatic rings. The zero-order valence-electron chi connectivity index (χ0n) is 10.1. The van der Waals surface area contributed by atoms with E-state index in [4.69, 9.17) is 10.5 Å². The van der Waals surface area contributed by atoms with Crippen LogP contribution in [0.3, 0.4) is 0 Å². The third-order valence-electron chi connectivity index (χ3n) is 2.59. The van der Waals surface area contributed by atoms with Gasteiger partial charge in [0.15, 0.2) is 0 Å². The van der Waals surface area contributed by atoms with Crippen molar-refractivity contribution in [3.8, 4) is 0 Å². The van der Waals surface area contributed by atoms with Crippen LogP contribution in [0.5, 0.6) is 0 Å². The van der Waals surface area contributed by atoms with Gasteiger partial charge in [0.1, 0.15) is 0 Å². The van der Waals surface area contributed by atoms with Crippen LogP contribution < -0.4 is 16.4 Å². The molecule has 3 amide bonds. The van der Waals surface area contributed by atoms with Crippen LogP contribution in [0.25, 0.3) is 0 Å². The van der Waals surface area contributed by atoms with Gasteiger partial charge in [0.25, 0.3) is 0 Å². The van der Waals surface area contributed by atoms with Gasteiger partial charge in [-0.1, -0.05) is 6.92 Å². The molecule has 0 aromatic carbocycles. The standard InChI is InChI=1S/C10H20N4O3/c1-2-14-3-4-17-8(7-14)5-12-6-9(15)13-10(11)16/h8,12H,2-7H2,1H3,(H3,11,13,15,16). The normalized spacial score (nSPS) is 21.1. The maximum absolute atomic E-state index is 11.1. The van der Waals surface area contributed by atoms with Gasteiger partial charge in [-0.3, -0.25) is 15.0 Å². The molecule has 0 spiro atoms. The molecule has 1 saturated heterocycles. The zero-order chi connectivity index (χ0) is 12.7. The number of hydrogen-bond donors (Lipinski definition) is 3. The first kappa shape index (κ1) is 13.9. The molecule has 17 heavy (non-hydrogen) atoms. The van der Waals surface area contributed by atoms with Crippen LogP contribution in [-0.2, 0) is 9.53 Å². The van der Waals surface area contributed by atoms with E-state index < -0.39 is 11.9 Å². The lowest BCUT2D eigenvalue weighted by Gasteiger charge is -2.32. The maximum Gasteiger partial charge on any atom is 0.318 e.